The van der Waals surface area contributed by atoms with Crippen LogP contribution in [-0.2, 0) is 6.42 Å². The van der Waals surface area contributed by atoms with E-state index >= 15 is 0 Å². The average molecular weight is 438 g/mol. The van der Waals surface area contributed by atoms with Crippen LogP contribution in [0.3, 0.4) is 0 Å². The Balaban J connectivity index is 1.43. The molecule has 1 fully saturated rings. The highest BCUT2D eigenvalue weighted by atomic mass is 35.5. The molecule has 5 nitrogen and oxygen atoms in total. The van der Waals surface area contributed by atoms with E-state index in [1.54, 1.807) is 17.7 Å². The number of anilines is 1. The maximum absolute atomic E-state index is 12.4. The van der Waals surface area contributed by atoms with Crippen molar-refractivity contribution < 1.29 is 4.74 Å². The molecule has 6 heteroatoms. The van der Waals surface area contributed by atoms with E-state index in [1.165, 1.54) is 5.56 Å². The molecule has 0 N–H and O–H groups in total. The maximum atomic E-state index is 12.4. The second-order valence-corrected chi connectivity index (χ2v) is 8.64. The number of ether oxygens (including phenoxy) is 1. The summed E-state index contributed by atoms with van der Waals surface area (Å²) in [6.07, 6.45) is 3.35. The molecule has 3 aromatic rings. The number of aryl methyl sites for hydroxylation is 2. The number of methoxy groups -OCH3 is 1. The van der Waals surface area contributed by atoms with E-state index in [9.17, 15) is 4.79 Å². The quantitative estimate of drug-likeness (QED) is 0.565. The molecule has 1 saturated heterocycles. The predicted molar refractivity (Wildman–Crippen MR) is 126 cm³/mol. The fraction of sp³-hybridized carbons (Fsp3) is 0.360. The van der Waals surface area contributed by atoms with E-state index in [1.807, 2.05) is 44.2 Å². The number of benzene rings is 2. The number of hydrogen-bond acceptors (Lipinski definition) is 4. The first kappa shape index (κ1) is 21.4. The zero-order valence-corrected chi connectivity index (χ0v) is 19.0. The Kier molecular flexibility index (Phi) is 6.33. The lowest BCUT2D eigenvalue weighted by molar-refractivity contribution is 0.402. The molecule has 0 bridgehead atoms. The van der Waals surface area contributed by atoms with Gasteiger partial charge in [0.25, 0.3) is 5.56 Å². The molecule has 4 rings (SSSR count). The van der Waals surface area contributed by atoms with E-state index in [0.717, 1.165) is 55.2 Å². The fourth-order valence-electron chi connectivity index (χ4n) is 4.42. The molecule has 162 valence electrons. The first-order valence-corrected chi connectivity index (χ1v) is 11.1. The van der Waals surface area contributed by atoms with Crippen LogP contribution < -0.4 is 15.2 Å². The van der Waals surface area contributed by atoms with Crippen LogP contribution in [0.2, 0.25) is 5.02 Å². The average Bonchev–Trinajstić information content (AvgIpc) is 2.74. The van der Waals surface area contributed by atoms with Gasteiger partial charge in [-0.15, -0.1) is 0 Å². The van der Waals surface area contributed by atoms with Crippen LogP contribution in [0.4, 0.5) is 5.69 Å². The van der Waals surface area contributed by atoms with E-state index in [4.69, 9.17) is 16.3 Å². The Bertz CT molecular complexity index is 1120. The van der Waals surface area contributed by atoms with Crippen LogP contribution in [-0.4, -0.2) is 29.8 Å². The van der Waals surface area contributed by atoms with Crippen molar-refractivity contribution in [3.8, 4) is 11.4 Å². The number of aromatic nitrogens is 2. The van der Waals surface area contributed by atoms with Crippen molar-refractivity contribution in [1.82, 2.24) is 9.55 Å². The lowest BCUT2D eigenvalue weighted by atomic mass is 9.90. The number of nitrogens with zero attached hydrogens (tertiary/aromatic N) is 3. The highest BCUT2D eigenvalue weighted by molar-refractivity contribution is 6.33. The van der Waals surface area contributed by atoms with Gasteiger partial charge in [0, 0.05) is 24.8 Å². The van der Waals surface area contributed by atoms with Gasteiger partial charge in [-0.05, 0) is 74.9 Å². The number of hydrogen-bond donors (Lipinski definition) is 0. The lowest BCUT2D eigenvalue weighted by Crippen LogP contribution is -2.34. The smallest absolute Gasteiger partial charge is 0.258 e. The summed E-state index contributed by atoms with van der Waals surface area (Å²) in [5.41, 5.74) is 3.76. The topological polar surface area (TPSA) is 47.4 Å². The molecule has 2 aromatic carbocycles. The summed E-state index contributed by atoms with van der Waals surface area (Å²) in [6, 6.07) is 15.8. The minimum atomic E-state index is -0.0897. The highest BCUT2D eigenvalue weighted by Gasteiger charge is 2.21. The summed E-state index contributed by atoms with van der Waals surface area (Å²) in [5, 5.41) is 0.665. The molecule has 0 amide bonds. The SMILES string of the molecule is COc1ccc(CC2CCN(c3ccc(-n4c(C)nc(C)cc4=O)cc3Cl)CC2)cc1. The van der Waals surface area contributed by atoms with Gasteiger partial charge in [-0.1, -0.05) is 23.7 Å². The predicted octanol–water partition coefficient (Wildman–Crippen LogP) is 4.97. The largest absolute Gasteiger partial charge is 0.497 e. The molecule has 0 saturated carbocycles. The first-order chi connectivity index (χ1) is 14.9. The van der Waals surface area contributed by atoms with E-state index in [2.05, 4.69) is 22.0 Å². The second-order valence-electron chi connectivity index (χ2n) is 8.24. The molecule has 0 unspecified atom stereocenters. The number of rotatable bonds is 5. The Hall–Kier alpha value is -2.79. The van der Waals surface area contributed by atoms with Gasteiger partial charge in [0.2, 0.25) is 0 Å². The fourth-order valence-corrected chi connectivity index (χ4v) is 4.71. The molecule has 1 aliphatic heterocycles. The van der Waals surface area contributed by atoms with Gasteiger partial charge < -0.3 is 9.64 Å². The third kappa shape index (κ3) is 4.77. The summed E-state index contributed by atoms with van der Waals surface area (Å²) < 4.78 is 6.85. The zero-order chi connectivity index (χ0) is 22.0. The monoisotopic (exact) mass is 437 g/mol. The molecular weight excluding hydrogens is 410 g/mol. The summed E-state index contributed by atoms with van der Waals surface area (Å²) in [6.45, 7) is 5.62. The van der Waals surface area contributed by atoms with Gasteiger partial charge in [-0.2, -0.15) is 0 Å². The van der Waals surface area contributed by atoms with Gasteiger partial charge >= 0.3 is 0 Å². The summed E-state index contributed by atoms with van der Waals surface area (Å²) in [7, 11) is 1.69. The molecule has 0 atom stereocenters. The lowest BCUT2D eigenvalue weighted by Gasteiger charge is -2.34. The van der Waals surface area contributed by atoms with Crippen LogP contribution in [0.15, 0.2) is 53.3 Å². The molecule has 2 heterocycles. The van der Waals surface area contributed by atoms with Crippen LogP contribution in [0.25, 0.3) is 5.69 Å². The van der Waals surface area contributed by atoms with Gasteiger partial charge in [-0.3, -0.25) is 9.36 Å². The standard InChI is InChI=1S/C25H28ClN3O2/c1-17-14-25(30)29(18(2)27-17)21-6-9-24(23(26)16-21)28-12-10-20(11-13-28)15-19-4-7-22(31-3)8-5-19/h4-9,14,16,20H,10-13,15H2,1-3H3. The molecule has 1 aromatic heterocycles. The van der Waals surface area contributed by atoms with Crippen LogP contribution >= 0.6 is 11.6 Å². The number of piperidine rings is 1. The van der Waals surface area contributed by atoms with Crippen LogP contribution in [0, 0.1) is 19.8 Å². The van der Waals surface area contributed by atoms with Gasteiger partial charge in [0.15, 0.2) is 0 Å². The summed E-state index contributed by atoms with van der Waals surface area (Å²) in [4.78, 5) is 19.2. The highest BCUT2D eigenvalue weighted by Crippen LogP contribution is 2.32. The molecule has 0 radical (unpaired) electrons. The summed E-state index contributed by atoms with van der Waals surface area (Å²) >= 11 is 6.65. The van der Waals surface area contributed by atoms with Crippen molar-refractivity contribution in [2.75, 3.05) is 25.1 Å². The first-order valence-electron chi connectivity index (χ1n) is 10.7. The van der Waals surface area contributed by atoms with Gasteiger partial charge in [0.05, 0.1) is 23.5 Å². The van der Waals surface area contributed by atoms with Crippen LogP contribution in [0.1, 0.15) is 29.9 Å². The number of halogens is 1. The molecule has 0 spiro atoms. The van der Waals surface area contributed by atoms with E-state index < -0.39 is 0 Å². The normalized spacial score (nSPS) is 14.6. The van der Waals surface area contributed by atoms with E-state index in [0.29, 0.717) is 16.8 Å². The van der Waals surface area contributed by atoms with Crippen molar-refractivity contribution in [2.45, 2.75) is 33.1 Å². The molecule has 0 aliphatic carbocycles. The summed E-state index contributed by atoms with van der Waals surface area (Å²) in [5.74, 6) is 2.23. The van der Waals surface area contributed by atoms with Crippen molar-refractivity contribution in [2.24, 2.45) is 5.92 Å². The Morgan fingerprint density at radius 1 is 1.06 bits per heavy atom. The minimum Gasteiger partial charge on any atom is -0.497 e. The van der Waals surface area contributed by atoms with Crippen LogP contribution in [0.5, 0.6) is 5.75 Å². The van der Waals surface area contributed by atoms with E-state index in [-0.39, 0.29) is 5.56 Å². The van der Waals surface area contributed by atoms with Crippen molar-refractivity contribution in [3.05, 3.63) is 81.0 Å². The molecular formula is C25H28ClN3O2. The van der Waals surface area contributed by atoms with Crippen molar-refractivity contribution in [1.29, 1.82) is 0 Å². The third-order valence-corrected chi connectivity index (χ3v) is 6.35. The molecule has 31 heavy (non-hydrogen) atoms. The molecule has 1 aliphatic rings. The van der Waals surface area contributed by atoms with Crippen molar-refractivity contribution >= 4 is 17.3 Å². The minimum absolute atomic E-state index is 0.0897. The van der Waals surface area contributed by atoms with Crippen molar-refractivity contribution in [3.63, 3.8) is 0 Å². The maximum Gasteiger partial charge on any atom is 0.258 e. The Morgan fingerprint density at radius 2 is 1.77 bits per heavy atom. The Morgan fingerprint density at radius 3 is 2.39 bits per heavy atom. The third-order valence-electron chi connectivity index (χ3n) is 6.04. The zero-order valence-electron chi connectivity index (χ0n) is 18.3. The van der Waals surface area contributed by atoms with Gasteiger partial charge in [-0.25, -0.2) is 4.98 Å². The second kappa shape index (κ2) is 9.15. The Labute approximate surface area is 188 Å². The van der Waals surface area contributed by atoms with Gasteiger partial charge in [0.1, 0.15) is 11.6 Å².